The van der Waals surface area contributed by atoms with Gasteiger partial charge < -0.3 is 14.6 Å². The van der Waals surface area contributed by atoms with Crippen LogP contribution in [0.1, 0.15) is 13.3 Å². The van der Waals surface area contributed by atoms with Crippen LogP contribution in [0.4, 0.5) is 0 Å². The fourth-order valence-electron chi connectivity index (χ4n) is 0.990. The van der Waals surface area contributed by atoms with Gasteiger partial charge in [0.25, 0.3) is 0 Å². The summed E-state index contributed by atoms with van der Waals surface area (Å²) in [6, 6.07) is 4.80. The van der Waals surface area contributed by atoms with Crippen molar-refractivity contribution in [2.75, 3.05) is 13.7 Å². The largest absolute Gasteiger partial charge is 0.508 e. The monoisotopic (exact) mass is 182 g/mol. The molecule has 1 aromatic rings. The molecule has 0 amide bonds. The van der Waals surface area contributed by atoms with Gasteiger partial charge in [-0.05, 0) is 18.6 Å². The molecule has 0 fully saturated rings. The summed E-state index contributed by atoms with van der Waals surface area (Å²) in [4.78, 5) is 0. The first kappa shape index (κ1) is 9.71. The van der Waals surface area contributed by atoms with Gasteiger partial charge in [0.15, 0.2) is 11.5 Å². The van der Waals surface area contributed by atoms with Crippen LogP contribution in [-0.4, -0.2) is 18.8 Å². The second-order valence-electron chi connectivity index (χ2n) is 2.68. The lowest BCUT2D eigenvalue weighted by atomic mass is 10.3. The van der Waals surface area contributed by atoms with Gasteiger partial charge in [0, 0.05) is 6.07 Å². The first-order valence-electron chi connectivity index (χ1n) is 4.27. The number of aromatic hydroxyl groups is 1. The van der Waals surface area contributed by atoms with E-state index in [0.717, 1.165) is 6.42 Å². The molecule has 0 spiro atoms. The summed E-state index contributed by atoms with van der Waals surface area (Å²) >= 11 is 0. The molecule has 3 nitrogen and oxygen atoms in total. The van der Waals surface area contributed by atoms with Crippen molar-refractivity contribution >= 4 is 0 Å². The molecule has 0 saturated carbocycles. The van der Waals surface area contributed by atoms with Gasteiger partial charge in [0.2, 0.25) is 0 Å². The predicted octanol–water partition coefficient (Wildman–Crippen LogP) is 2.19. The van der Waals surface area contributed by atoms with Gasteiger partial charge in [-0.2, -0.15) is 0 Å². The van der Waals surface area contributed by atoms with Gasteiger partial charge >= 0.3 is 0 Å². The minimum absolute atomic E-state index is 0.187. The highest BCUT2D eigenvalue weighted by Gasteiger charge is 2.03. The zero-order valence-electron chi connectivity index (χ0n) is 7.91. The Bertz CT molecular complexity index is 271. The minimum Gasteiger partial charge on any atom is -0.508 e. The van der Waals surface area contributed by atoms with Crippen molar-refractivity contribution in [3.8, 4) is 17.2 Å². The number of ether oxygens (including phenoxy) is 2. The summed E-state index contributed by atoms with van der Waals surface area (Å²) in [5, 5.41) is 9.20. The number of methoxy groups -OCH3 is 1. The molecule has 0 radical (unpaired) electrons. The van der Waals surface area contributed by atoms with Crippen LogP contribution in [0.15, 0.2) is 18.2 Å². The number of phenols is 1. The molecule has 0 aliphatic carbocycles. The quantitative estimate of drug-likeness (QED) is 0.775. The fourth-order valence-corrected chi connectivity index (χ4v) is 0.990. The molecule has 0 aliphatic heterocycles. The van der Waals surface area contributed by atoms with E-state index in [1.165, 1.54) is 0 Å². The first-order valence-corrected chi connectivity index (χ1v) is 4.27. The maximum absolute atomic E-state index is 9.20. The van der Waals surface area contributed by atoms with Crippen LogP contribution >= 0.6 is 0 Å². The predicted molar refractivity (Wildman–Crippen MR) is 50.4 cm³/mol. The van der Waals surface area contributed by atoms with Crippen molar-refractivity contribution in [3.05, 3.63) is 18.2 Å². The zero-order chi connectivity index (χ0) is 9.68. The van der Waals surface area contributed by atoms with E-state index in [9.17, 15) is 5.11 Å². The summed E-state index contributed by atoms with van der Waals surface area (Å²) in [5.41, 5.74) is 0. The standard InChI is InChI=1S/C10H14O3/c1-3-6-13-10-7-8(11)4-5-9(10)12-2/h4-5,7,11H,3,6H2,1-2H3. The van der Waals surface area contributed by atoms with E-state index in [2.05, 4.69) is 0 Å². The van der Waals surface area contributed by atoms with Gasteiger partial charge in [-0.1, -0.05) is 6.92 Å². The molecular weight excluding hydrogens is 168 g/mol. The average molecular weight is 182 g/mol. The Morgan fingerprint density at radius 2 is 2.08 bits per heavy atom. The van der Waals surface area contributed by atoms with Crippen LogP contribution in [0.25, 0.3) is 0 Å². The smallest absolute Gasteiger partial charge is 0.164 e. The van der Waals surface area contributed by atoms with Crippen molar-refractivity contribution in [2.45, 2.75) is 13.3 Å². The third kappa shape index (κ3) is 2.54. The molecule has 0 heterocycles. The van der Waals surface area contributed by atoms with Gasteiger partial charge in [-0.3, -0.25) is 0 Å². The van der Waals surface area contributed by atoms with E-state index in [4.69, 9.17) is 9.47 Å². The number of rotatable bonds is 4. The number of benzene rings is 1. The minimum atomic E-state index is 0.187. The molecule has 0 bridgehead atoms. The van der Waals surface area contributed by atoms with Gasteiger partial charge in [-0.15, -0.1) is 0 Å². The van der Waals surface area contributed by atoms with Crippen LogP contribution in [0.5, 0.6) is 17.2 Å². The number of phenolic OH excluding ortho intramolecular Hbond substituents is 1. The molecule has 0 aliphatic rings. The molecule has 3 heteroatoms. The molecule has 0 unspecified atom stereocenters. The lowest BCUT2D eigenvalue weighted by molar-refractivity contribution is 0.292. The van der Waals surface area contributed by atoms with E-state index in [0.29, 0.717) is 18.1 Å². The Kier molecular flexibility index (Phi) is 3.43. The van der Waals surface area contributed by atoms with E-state index in [-0.39, 0.29) is 5.75 Å². The Hall–Kier alpha value is -1.38. The molecule has 0 aromatic heterocycles. The molecule has 1 aromatic carbocycles. The van der Waals surface area contributed by atoms with E-state index >= 15 is 0 Å². The lowest BCUT2D eigenvalue weighted by Gasteiger charge is -2.09. The molecule has 0 atom stereocenters. The van der Waals surface area contributed by atoms with Crippen LogP contribution in [0, 0.1) is 0 Å². The zero-order valence-corrected chi connectivity index (χ0v) is 7.91. The van der Waals surface area contributed by atoms with Crippen molar-refractivity contribution in [2.24, 2.45) is 0 Å². The Morgan fingerprint density at radius 3 is 2.69 bits per heavy atom. The summed E-state index contributed by atoms with van der Waals surface area (Å²) in [7, 11) is 1.57. The van der Waals surface area contributed by atoms with Gasteiger partial charge in [-0.25, -0.2) is 0 Å². The highest BCUT2D eigenvalue weighted by molar-refractivity contribution is 5.44. The van der Waals surface area contributed by atoms with Gasteiger partial charge in [0.05, 0.1) is 13.7 Å². The summed E-state index contributed by atoms with van der Waals surface area (Å²) in [5.74, 6) is 1.42. The van der Waals surface area contributed by atoms with Crippen LogP contribution < -0.4 is 9.47 Å². The Balaban J connectivity index is 2.81. The number of hydrogen-bond acceptors (Lipinski definition) is 3. The van der Waals surface area contributed by atoms with Crippen molar-refractivity contribution in [1.29, 1.82) is 0 Å². The van der Waals surface area contributed by atoms with E-state index < -0.39 is 0 Å². The molecule has 72 valence electrons. The molecular formula is C10H14O3. The molecule has 1 N–H and O–H groups in total. The Labute approximate surface area is 77.9 Å². The number of hydrogen-bond donors (Lipinski definition) is 1. The Morgan fingerprint density at radius 1 is 1.31 bits per heavy atom. The summed E-state index contributed by atoms with van der Waals surface area (Å²) in [6.45, 7) is 2.65. The van der Waals surface area contributed by atoms with E-state index in [1.54, 1.807) is 25.3 Å². The van der Waals surface area contributed by atoms with Gasteiger partial charge in [0.1, 0.15) is 5.75 Å². The maximum atomic E-state index is 9.20. The third-order valence-electron chi connectivity index (χ3n) is 1.61. The maximum Gasteiger partial charge on any atom is 0.164 e. The molecule has 13 heavy (non-hydrogen) atoms. The topological polar surface area (TPSA) is 38.7 Å². The van der Waals surface area contributed by atoms with E-state index in [1.807, 2.05) is 6.92 Å². The molecule has 1 rings (SSSR count). The third-order valence-corrected chi connectivity index (χ3v) is 1.61. The average Bonchev–Trinajstić information content (AvgIpc) is 2.15. The van der Waals surface area contributed by atoms with Crippen LogP contribution in [0.2, 0.25) is 0 Å². The van der Waals surface area contributed by atoms with Crippen LogP contribution in [-0.2, 0) is 0 Å². The summed E-state index contributed by atoms with van der Waals surface area (Å²) < 4.78 is 10.4. The SMILES string of the molecule is CCCOc1cc(O)ccc1OC. The van der Waals surface area contributed by atoms with Crippen molar-refractivity contribution in [1.82, 2.24) is 0 Å². The highest BCUT2D eigenvalue weighted by atomic mass is 16.5. The first-order chi connectivity index (χ1) is 6.27. The normalized spacial score (nSPS) is 9.69. The lowest BCUT2D eigenvalue weighted by Crippen LogP contribution is -1.97. The van der Waals surface area contributed by atoms with Crippen LogP contribution in [0.3, 0.4) is 0 Å². The fraction of sp³-hybridized carbons (Fsp3) is 0.400. The summed E-state index contributed by atoms with van der Waals surface area (Å²) in [6.07, 6.45) is 0.929. The second-order valence-corrected chi connectivity index (χ2v) is 2.68. The highest BCUT2D eigenvalue weighted by Crippen LogP contribution is 2.30. The second kappa shape index (κ2) is 4.60. The van der Waals surface area contributed by atoms with Crippen molar-refractivity contribution < 1.29 is 14.6 Å². The van der Waals surface area contributed by atoms with Crippen molar-refractivity contribution in [3.63, 3.8) is 0 Å². The molecule has 0 saturated heterocycles.